The number of rotatable bonds is 4. The maximum absolute atomic E-state index is 4.24. The van der Waals surface area contributed by atoms with Crippen LogP contribution in [0.25, 0.3) is 0 Å². The van der Waals surface area contributed by atoms with E-state index in [2.05, 4.69) is 30.7 Å². The van der Waals surface area contributed by atoms with Crippen LogP contribution in [0.2, 0.25) is 0 Å². The van der Waals surface area contributed by atoms with Crippen LogP contribution in [0.4, 0.5) is 0 Å². The van der Waals surface area contributed by atoms with Crippen molar-refractivity contribution in [2.45, 2.75) is 33.6 Å². The van der Waals surface area contributed by atoms with E-state index >= 15 is 0 Å². The predicted molar refractivity (Wildman–Crippen MR) is 51.2 cm³/mol. The minimum absolute atomic E-state index is 1.05. The van der Waals surface area contributed by atoms with Gasteiger partial charge in [-0.05, 0) is 13.3 Å². The summed E-state index contributed by atoms with van der Waals surface area (Å²) >= 11 is 0. The van der Waals surface area contributed by atoms with E-state index in [9.17, 15) is 0 Å². The lowest BCUT2D eigenvalue weighted by atomic mass is 10.3. The number of aliphatic imine (C=N–C) groups is 1. The quantitative estimate of drug-likeness (QED) is 0.450. The Bertz CT molecular complexity index is 119. The fourth-order valence-electron chi connectivity index (χ4n) is 1.26. The first kappa shape index (κ1) is 10.5. The molecule has 0 unspecified atom stereocenters. The zero-order chi connectivity index (χ0) is 8.69. The first-order valence-electron chi connectivity index (χ1n) is 4.50. The van der Waals surface area contributed by atoms with Crippen molar-refractivity contribution in [2.75, 3.05) is 20.1 Å². The van der Waals surface area contributed by atoms with Gasteiger partial charge >= 0.3 is 0 Å². The van der Waals surface area contributed by atoms with Crippen LogP contribution in [0.5, 0.6) is 0 Å². The highest BCUT2D eigenvalue weighted by molar-refractivity contribution is 5.81. The van der Waals surface area contributed by atoms with Crippen LogP contribution in [0.1, 0.15) is 33.6 Å². The lowest BCUT2D eigenvalue weighted by Crippen LogP contribution is -2.30. The van der Waals surface area contributed by atoms with E-state index < -0.39 is 0 Å². The van der Waals surface area contributed by atoms with Gasteiger partial charge in [0.15, 0.2) is 0 Å². The Kier molecular flexibility index (Phi) is 5.90. The van der Waals surface area contributed by atoms with Gasteiger partial charge < -0.3 is 4.90 Å². The molecule has 0 aliphatic carbocycles. The highest BCUT2D eigenvalue weighted by atomic mass is 15.2. The largest absolute Gasteiger partial charge is 0.361 e. The first-order chi connectivity index (χ1) is 5.29. The van der Waals surface area contributed by atoms with Crippen LogP contribution in [0.3, 0.4) is 0 Å². The monoisotopic (exact) mass is 156 g/mol. The Labute approximate surface area is 70.3 Å². The van der Waals surface area contributed by atoms with Gasteiger partial charge in [0.1, 0.15) is 0 Å². The normalized spacial score (nSPS) is 11.8. The van der Waals surface area contributed by atoms with Crippen molar-refractivity contribution < 1.29 is 0 Å². The molecule has 0 atom stereocenters. The maximum atomic E-state index is 4.24. The van der Waals surface area contributed by atoms with Crippen LogP contribution < -0.4 is 0 Å². The van der Waals surface area contributed by atoms with Crippen molar-refractivity contribution in [3.63, 3.8) is 0 Å². The Morgan fingerprint density at radius 3 is 2.18 bits per heavy atom. The number of amidine groups is 1. The summed E-state index contributed by atoms with van der Waals surface area (Å²) in [6.07, 6.45) is 2.25. The zero-order valence-corrected chi connectivity index (χ0v) is 8.22. The van der Waals surface area contributed by atoms with Gasteiger partial charge in [0.25, 0.3) is 0 Å². The van der Waals surface area contributed by atoms with E-state index in [1.165, 1.54) is 12.3 Å². The zero-order valence-electron chi connectivity index (χ0n) is 8.22. The number of hydrogen-bond donors (Lipinski definition) is 0. The highest BCUT2D eigenvalue weighted by Gasteiger charge is 2.03. The summed E-state index contributed by atoms with van der Waals surface area (Å²) < 4.78 is 0. The molecule has 0 aromatic heterocycles. The molecule has 2 nitrogen and oxygen atoms in total. The van der Waals surface area contributed by atoms with Gasteiger partial charge in [0.05, 0.1) is 5.84 Å². The molecule has 0 saturated heterocycles. The van der Waals surface area contributed by atoms with E-state index in [0.717, 1.165) is 19.5 Å². The molecule has 0 amide bonds. The summed E-state index contributed by atoms with van der Waals surface area (Å²) in [4.78, 5) is 6.57. The molecule has 0 radical (unpaired) electrons. The van der Waals surface area contributed by atoms with Crippen molar-refractivity contribution in [1.82, 2.24) is 4.90 Å². The average Bonchev–Trinajstić information content (AvgIpc) is 2.05. The average molecular weight is 156 g/mol. The lowest BCUT2D eigenvalue weighted by Gasteiger charge is -2.22. The Balaban J connectivity index is 3.99. The molecule has 0 aliphatic heterocycles. The van der Waals surface area contributed by atoms with Crippen molar-refractivity contribution in [3.05, 3.63) is 0 Å². The molecular weight excluding hydrogens is 136 g/mol. The Morgan fingerprint density at radius 1 is 1.27 bits per heavy atom. The maximum Gasteiger partial charge on any atom is 0.0982 e. The molecule has 0 aromatic carbocycles. The standard InChI is InChI=1S/C9H20N2/c1-5-8-11(7-3)9(6-2)10-4/h5-8H2,1-4H3. The van der Waals surface area contributed by atoms with Gasteiger partial charge in [-0.2, -0.15) is 0 Å². The molecule has 0 rings (SSSR count). The molecule has 0 fully saturated rings. The molecule has 0 bridgehead atoms. The lowest BCUT2D eigenvalue weighted by molar-refractivity contribution is 0.431. The van der Waals surface area contributed by atoms with Gasteiger partial charge in [0, 0.05) is 26.6 Å². The molecule has 11 heavy (non-hydrogen) atoms. The number of hydrogen-bond acceptors (Lipinski definition) is 1. The van der Waals surface area contributed by atoms with E-state index in [1.54, 1.807) is 0 Å². The third-order valence-corrected chi connectivity index (χ3v) is 1.81. The minimum Gasteiger partial charge on any atom is -0.361 e. The molecule has 0 spiro atoms. The predicted octanol–water partition coefficient (Wildman–Crippen LogP) is 2.16. The molecule has 0 heterocycles. The molecular formula is C9H20N2. The van der Waals surface area contributed by atoms with Crippen LogP contribution in [-0.2, 0) is 0 Å². The van der Waals surface area contributed by atoms with Crippen molar-refractivity contribution in [3.8, 4) is 0 Å². The summed E-state index contributed by atoms with van der Waals surface area (Å²) in [5, 5.41) is 0. The third-order valence-electron chi connectivity index (χ3n) is 1.81. The Hall–Kier alpha value is -0.530. The van der Waals surface area contributed by atoms with Crippen molar-refractivity contribution in [1.29, 1.82) is 0 Å². The molecule has 66 valence electrons. The summed E-state index contributed by atoms with van der Waals surface area (Å²) in [6, 6.07) is 0. The van der Waals surface area contributed by atoms with Gasteiger partial charge in [-0.3, -0.25) is 4.99 Å². The van der Waals surface area contributed by atoms with Gasteiger partial charge in [-0.25, -0.2) is 0 Å². The third kappa shape index (κ3) is 3.40. The minimum atomic E-state index is 1.05. The van der Waals surface area contributed by atoms with E-state index in [0.29, 0.717) is 0 Å². The summed E-state index contributed by atoms with van der Waals surface area (Å²) in [5.41, 5.74) is 0. The summed E-state index contributed by atoms with van der Waals surface area (Å²) in [7, 11) is 1.87. The number of nitrogens with zero attached hydrogens (tertiary/aromatic N) is 2. The second-order valence-corrected chi connectivity index (χ2v) is 2.57. The molecule has 0 N–H and O–H groups in total. The molecule has 0 saturated carbocycles. The van der Waals surface area contributed by atoms with Crippen LogP contribution in [0, 0.1) is 0 Å². The van der Waals surface area contributed by atoms with Gasteiger partial charge in [-0.15, -0.1) is 0 Å². The SMILES string of the molecule is CCCN(CC)C(CC)=NC. The second-order valence-electron chi connectivity index (χ2n) is 2.57. The Morgan fingerprint density at radius 2 is 1.91 bits per heavy atom. The smallest absolute Gasteiger partial charge is 0.0982 e. The summed E-state index contributed by atoms with van der Waals surface area (Å²) in [5.74, 6) is 1.23. The highest BCUT2D eigenvalue weighted by Crippen LogP contribution is 1.97. The second kappa shape index (κ2) is 6.20. The van der Waals surface area contributed by atoms with Crippen LogP contribution in [-0.4, -0.2) is 30.9 Å². The summed E-state index contributed by atoms with van der Waals surface area (Å²) in [6.45, 7) is 8.74. The topological polar surface area (TPSA) is 15.6 Å². The molecule has 2 heteroatoms. The first-order valence-corrected chi connectivity index (χ1v) is 4.50. The molecule has 0 aliphatic rings. The van der Waals surface area contributed by atoms with E-state index in [4.69, 9.17) is 0 Å². The van der Waals surface area contributed by atoms with Gasteiger partial charge in [-0.1, -0.05) is 13.8 Å². The van der Waals surface area contributed by atoms with E-state index in [1.807, 2.05) is 7.05 Å². The van der Waals surface area contributed by atoms with Crippen molar-refractivity contribution in [2.24, 2.45) is 4.99 Å². The molecule has 0 aromatic rings. The fraction of sp³-hybridized carbons (Fsp3) is 0.889. The van der Waals surface area contributed by atoms with E-state index in [-0.39, 0.29) is 0 Å². The fourth-order valence-corrected chi connectivity index (χ4v) is 1.26. The van der Waals surface area contributed by atoms with Crippen LogP contribution >= 0.6 is 0 Å². The van der Waals surface area contributed by atoms with Crippen molar-refractivity contribution >= 4 is 5.84 Å². The van der Waals surface area contributed by atoms with Gasteiger partial charge in [0.2, 0.25) is 0 Å². The van der Waals surface area contributed by atoms with Crippen LogP contribution in [0.15, 0.2) is 4.99 Å².